The lowest BCUT2D eigenvalue weighted by molar-refractivity contribution is -0.136. The van der Waals surface area contributed by atoms with E-state index in [4.69, 9.17) is 9.47 Å². The van der Waals surface area contributed by atoms with Crippen LogP contribution in [0.4, 0.5) is 5.69 Å². The van der Waals surface area contributed by atoms with E-state index >= 15 is 0 Å². The maximum Gasteiger partial charge on any atom is 0.331 e. The first kappa shape index (κ1) is 28.3. The lowest BCUT2D eigenvalue weighted by atomic mass is 10.1. The van der Waals surface area contributed by atoms with Crippen molar-refractivity contribution in [3.05, 3.63) is 95.6 Å². The zero-order valence-electron chi connectivity index (χ0n) is 21.1. The van der Waals surface area contributed by atoms with Crippen LogP contribution >= 0.6 is 0 Å². The zero-order valence-corrected chi connectivity index (χ0v) is 21.9. The van der Waals surface area contributed by atoms with Gasteiger partial charge in [0.25, 0.3) is 5.91 Å². The second-order valence-corrected chi connectivity index (χ2v) is 10.1. The van der Waals surface area contributed by atoms with Crippen LogP contribution in [-0.4, -0.2) is 45.8 Å². The molecule has 9 nitrogen and oxygen atoms in total. The quantitative estimate of drug-likeness (QED) is 0.215. The molecule has 38 heavy (non-hydrogen) atoms. The number of benzene rings is 3. The Bertz CT molecular complexity index is 1430. The molecule has 0 fully saturated rings. The number of anilines is 1. The molecule has 1 amide bonds. The monoisotopic (exact) mass is 536 g/mol. The first-order chi connectivity index (χ1) is 18.1. The molecule has 0 heterocycles. The third-order valence-corrected chi connectivity index (χ3v) is 6.81. The van der Waals surface area contributed by atoms with Crippen molar-refractivity contribution in [2.45, 2.75) is 24.8 Å². The molecule has 0 saturated heterocycles. The number of ether oxygens (including phenoxy) is 2. The summed E-state index contributed by atoms with van der Waals surface area (Å²) in [5.41, 5.74) is 1.75. The number of carbonyl (C=O) groups is 3. The predicted octanol–water partition coefficient (Wildman–Crippen LogP) is 4.07. The number of sulfonamides is 1. The van der Waals surface area contributed by atoms with Crippen LogP contribution in [0.1, 0.15) is 40.1 Å². The first-order valence-corrected chi connectivity index (χ1v) is 13.1. The number of nitrogens with one attached hydrogen (secondary N) is 2. The number of carbonyl (C=O) groups excluding carboxylic acids is 3. The predicted molar refractivity (Wildman–Crippen MR) is 144 cm³/mol. The summed E-state index contributed by atoms with van der Waals surface area (Å²) in [7, 11) is -2.47. The van der Waals surface area contributed by atoms with E-state index in [1.54, 1.807) is 56.3 Å². The van der Waals surface area contributed by atoms with Gasteiger partial charge in [-0.25, -0.2) is 17.9 Å². The number of methoxy groups -OCH3 is 1. The standard InChI is InChI=1S/C28H28N2O7S/c1-19(2)30-38(34,35)26-17-20(9-15-25(26)36-3)10-16-27(32)37-18-24(31)21-11-13-23(14-12-21)29-28(33)22-7-5-4-6-8-22/h4-17,19,30H,18H2,1-3H3,(H,29,33)/b16-10+. The lowest BCUT2D eigenvalue weighted by Crippen LogP contribution is -2.30. The summed E-state index contributed by atoms with van der Waals surface area (Å²) in [5.74, 6) is -1.31. The van der Waals surface area contributed by atoms with Crippen LogP contribution in [0.3, 0.4) is 0 Å². The third kappa shape index (κ3) is 7.86. The minimum absolute atomic E-state index is 0.0669. The number of hydrogen-bond acceptors (Lipinski definition) is 7. The van der Waals surface area contributed by atoms with Crippen LogP contribution in [0.5, 0.6) is 5.75 Å². The van der Waals surface area contributed by atoms with Crippen molar-refractivity contribution in [2.75, 3.05) is 19.0 Å². The molecular weight excluding hydrogens is 508 g/mol. The largest absolute Gasteiger partial charge is 0.495 e. The molecule has 0 unspecified atom stereocenters. The van der Waals surface area contributed by atoms with Gasteiger partial charge in [0.2, 0.25) is 10.0 Å². The van der Waals surface area contributed by atoms with Gasteiger partial charge < -0.3 is 14.8 Å². The Kier molecular flexibility index (Phi) is 9.53. The lowest BCUT2D eigenvalue weighted by Gasteiger charge is -2.13. The topological polar surface area (TPSA) is 128 Å². The summed E-state index contributed by atoms with van der Waals surface area (Å²) in [4.78, 5) is 36.7. The van der Waals surface area contributed by atoms with Gasteiger partial charge in [0.15, 0.2) is 12.4 Å². The van der Waals surface area contributed by atoms with E-state index in [9.17, 15) is 22.8 Å². The normalized spacial score (nSPS) is 11.4. The minimum Gasteiger partial charge on any atom is -0.495 e. The van der Waals surface area contributed by atoms with E-state index in [-0.39, 0.29) is 22.6 Å². The zero-order chi connectivity index (χ0) is 27.7. The summed E-state index contributed by atoms with van der Waals surface area (Å²) in [6, 6.07) is 19.0. The Morgan fingerprint density at radius 2 is 1.61 bits per heavy atom. The minimum atomic E-state index is -3.83. The molecule has 198 valence electrons. The van der Waals surface area contributed by atoms with Crippen molar-refractivity contribution in [1.82, 2.24) is 4.72 Å². The fraction of sp³-hybridized carbons (Fsp3) is 0.179. The highest BCUT2D eigenvalue weighted by molar-refractivity contribution is 7.89. The molecule has 0 bridgehead atoms. The molecule has 0 saturated carbocycles. The molecule has 0 spiro atoms. The second kappa shape index (κ2) is 12.8. The van der Waals surface area contributed by atoms with Crippen LogP contribution in [0, 0.1) is 0 Å². The number of amides is 1. The van der Waals surface area contributed by atoms with E-state index < -0.39 is 28.4 Å². The number of esters is 1. The van der Waals surface area contributed by atoms with Crippen LogP contribution in [-0.2, 0) is 19.6 Å². The van der Waals surface area contributed by atoms with Crippen molar-refractivity contribution in [2.24, 2.45) is 0 Å². The first-order valence-electron chi connectivity index (χ1n) is 11.6. The number of Topliss-reactive ketones (excluding diaryl/α,β-unsaturated/α-hetero) is 1. The number of hydrogen-bond donors (Lipinski definition) is 2. The summed E-state index contributed by atoms with van der Waals surface area (Å²) in [5, 5.41) is 2.74. The van der Waals surface area contributed by atoms with E-state index in [0.717, 1.165) is 6.08 Å². The molecule has 0 radical (unpaired) electrons. The fourth-order valence-electron chi connectivity index (χ4n) is 3.35. The Morgan fingerprint density at radius 3 is 2.24 bits per heavy atom. The maximum atomic E-state index is 12.6. The van der Waals surface area contributed by atoms with Crippen LogP contribution in [0.25, 0.3) is 6.08 Å². The Labute approximate surface area is 221 Å². The van der Waals surface area contributed by atoms with E-state index in [0.29, 0.717) is 22.4 Å². The summed E-state index contributed by atoms with van der Waals surface area (Å²) in [6.07, 6.45) is 2.48. The van der Waals surface area contributed by atoms with E-state index in [1.165, 1.54) is 37.5 Å². The summed E-state index contributed by atoms with van der Waals surface area (Å²) >= 11 is 0. The van der Waals surface area contributed by atoms with Crippen molar-refractivity contribution < 1.29 is 32.3 Å². The van der Waals surface area contributed by atoms with Crippen molar-refractivity contribution in [3.63, 3.8) is 0 Å². The Hall–Kier alpha value is -4.28. The van der Waals surface area contributed by atoms with Crippen molar-refractivity contribution >= 4 is 39.4 Å². The van der Waals surface area contributed by atoms with Gasteiger partial charge in [-0.1, -0.05) is 24.3 Å². The van der Waals surface area contributed by atoms with Crippen molar-refractivity contribution in [3.8, 4) is 5.75 Å². The average molecular weight is 537 g/mol. The SMILES string of the molecule is COc1ccc(/C=C/C(=O)OCC(=O)c2ccc(NC(=O)c3ccccc3)cc2)cc1S(=O)(=O)NC(C)C. The van der Waals surface area contributed by atoms with Gasteiger partial charge in [0.05, 0.1) is 7.11 Å². The molecule has 0 aliphatic heterocycles. The Morgan fingerprint density at radius 1 is 0.921 bits per heavy atom. The molecule has 0 aromatic heterocycles. The number of rotatable bonds is 11. The van der Waals surface area contributed by atoms with Gasteiger partial charge in [-0.2, -0.15) is 0 Å². The molecule has 3 aromatic carbocycles. The molecule has 3 rings (SSSR count). The molecule has 10 heteroatoms. The van der Waals surface area contributed by atoms with Gasteiger partial charge in [0, 0.05) is 28.9 Å². The molecule has 0 atom stereocenters. The second-order valence-electron chi connectivity index (χ2n) is 8.45. The maximum absolute atomic E-state index is 12.6. The van der Waals surface area contributed by atoms with Gasteiger partial charge in [0.1, 0.15) is 10.6 Å². The Balaban J connectivity index is 1.57. The third-order valence-electron chi connectivity index (χ3n) is 5.13. The van der Waals surface area contributed by atoms with Gasteiger partial charge in [-0.05, 0) is 74.0 Å². The van der Waals surface area contributed by atoms with Crippen LogP contribution in [0.15, 0.2) is 83.8 Å². The summed E-state index contributed by atoms with van der Waals surface area (Å²) in [6.45, 7) is 2.91. The average Bonchev–Trinajstić information content (AvgIpc) is 2.90. The highest BCUT2D eigenvalue weighted by Gasteiger charge is 2.20. The van der Waals surface area contributed by atoms with E-state index in [1.807, 2.05) is 6.07 Å². The molecular formula is C28H28N2O7S. The summed E-state index contributed by atoms with van der Waals surface area (Å²) < 4.78 is 37.9. The number of ketones is 1. The van der Waals surface area contributed by atoms with Gasteiger partial charge in [-0.15, -0.1) is 0 Å². The highest BCUT2D eigenvalue weighted by Crippen LogP contribution is 2.25. The highest BCUT2D eigenvalue weighted by atomic mass is 32.2. The molecule has 0 aliphatic rings. The van der Waals surface area contributed by atoms with Crippen LogP contribution in [0.2, 0.25) is 0 Å². The van der Waals surface area contributed by atoms with Gasteiger partial charge in [-0.3, -0.25) is 9.59 Å². The molecule has 2 N–H and O–H groups in total. The molecule has 0 aliphatic carbocycles. The van der Waals surface area contributed by atoms with E-state index in [2.05, 4.69) is 10.0 Å². The van der Waals surface area contributed by atoms with Crippen LogP contribution < -0.4 is 14.8 Å². The molecule has 3 aromatic rings. The van der Waals surface area contributed by atoms with Gasteiger partial charge >= 0.3 is 5.97 Å². The van der Waals surface area contributed by atoms with Crippen molar-refractivity contribution in [1.29, 1.82) is 0 Å². The smallest absolute Gasteiger partial charge is 0.331 e. The fourth-order valence-corrected chi connectivity index (χ4v) is 4.80.